The highest BCUT2D eigenvalue weighted by Gasteiger charge is 2.22. The van der Waals surface area contributed by atoms with E-state index in [0.717, 1.165) is 5.56 Å². The van der Waals surface area contributed by atoms with Crippen LogP contribution in [0.2, 0.25) is 5.02 Å². The van der Waals surface area contributed by atoms with Crippen LogP contribution in [0.5, 0.6) is 5.75 Å². The van der Waals surface area contributed by atoms with Crippen molar-refractivity contribution in [1.82, 2.24) is 20.4 Å². The highest BCUT2D eigenvalue weighted by molar-refractivity contribution is 6.30. The molecule has 1 aliphatic heterocycles. The van der Waals surface area contributed by atoms with Crippen molar-refractivity contribution >= 4 is 23.5 Å². The molecule has 7 nitrogen and oxygen atoms in total. The lowest BCUT2D eigenvalue weighted by Gasteiger charge is -2.34. The number of carbonyl (C=O) groups is 2. The molecule has 1 aromatic rings. The molecule has 1 heterocycles. The van der Waals surface area contributed by atoms with Gasteiger partial charge in [-0.15, -0.1) is 0 Å². The number of hydrogen-bond acceptors (Lipinski definition) is 4. The number of rotatable bonds is 6. The lowest BCUT2D eigenvalue weighted by molar-refractivity contribution is -0.123. The summed E-state index contributed by atoms with van der Waals surface area (Å²) in [5, 5.41) is 6.38. The van der Waals surface area contributed by atoms with E-state index in [1.54, 1.807) is 30.2 Å². The largest absolute Gasteiger partial charge is 0.496 e. The normalized spacial score (nSPS) is 15.0. The van der Waals surface area contributed by atoms with Gasteiger partial charge in [-0.1, -0.05) is 11.6 Å². The number of piperazine rings is 1. The van der Waals surface area contributed by atoms with E-state index >= 15 is 0 Å². The van der Waals surface area contributed by atoms with Crippen LogP contribution in [0.1, 0.15) is 19.4 Å². The minimum Gasteiger partial charge on any atom is -0.496 e. The van der Waals surface area contributed by atoms with Crippen LogP contribution in [0.15, 0.2) is 18.2 Å². The maximum atomic E-state index is 12.4. The molecule has 0 radical (unpaired) electrons. The Labute approximate surface area is 159 Å². The van der Waals surface area contributed by atoms with Gasteiger partial charge in [0.05, 0.1) is 13.7 Å². The fraction of sp³-hybridized carbons (Fsp3) is 0.556. The quantitative estimate of drug-likeness (QED) is 0.785. The summed E-state index contributed by atoms with van der Waals surface area (Å²) >= 11 is 6.01. The second-order valence-corrected chi connectivity index (χ2v) is 7.04. The van der Waals surface area contributed by atoms with Gasteiger partial charge in [0.15, 0.2) is 0 Å². The van der Waals surface area contributed by atoms with Gasteiger partial charge in [0.2, 0.25) is 5.91 Å². The van der Waals surface area contributed by atoms with E-state index in [4.69, 9.17) is 16.3 Å². The van der Waals surface area contributed by atoms with E-state index in [1.165, 1.54) is 0 Å². The molecule has 0 spiro atoms. The maximum absolute atomic E-state index is 12.4. The second-order valence-electron chi connectivity index (χ2n) is 6.60. The zero-order chi connectivity index (χ0) is 19.1. The highest BCUT2D eigenvalue weighted by Crippen LogP contribution is 2.22. The van der Waals surface area contributed by atoms with Crippen molar-refractivity contribution in [3.8, 4) is 5.75 Å². The third kappa shape index (κ3) is 6.07. The van der Waals surface area contributed by atoms with Crippen LogP contribution in [0.25, 0.3) is 0 Å². The lowest BCUT2D eigenvalue weighted by Crippen LogP contribution is -2.53. The number of carbonyl (C=O) groups excluding carboxylic acids is 2. The summed E-state index contributed by atoms with van der Waals surface area (Å²) < 4.78 is 5.29. The molecule has 0 bridgehead atoms. The van der Waals surface area contributed by atoms with Crippen molar-refractivity contribution in [1.29, 1.82) is 0 Å². The molecular formula is C18H27ClN4O3. The maximum Gasteiger partial charge on any atom is 0.317 e. The van der Waals surface area contributed by atoms with Crippen molar-refractivity contribution < 1.29 is 14.3 Å². The topological polar surface area (TPSA) is 73.9 Å². The SMILES string of the molecule is COc1ccc(Cl)cc1CNC(=O)N1CCN(CC(=O)NC(C)C)CC1. The zero-order valence-electron chi connectivity index (χ0n) is 15.5. The molecule has 1 aromatic carbocycles. The number of nitrogens with zero attached hydrogens (tertiary/aromatic N) is 2. The third-order valence-electron chi connectivity index (χ3n) is 4.15. The lowest BCUT2D eigenvalue weighted by atomic mass is 10.2. The minimum absolute atomic E-state index is 0.0194. The zero-order valence-corrected chi connectivity index (χ0v) is 16.3. The van der Waals surface area contributed by atoms with Crippen LogP contribution in [0.3, 0.4) is 0 Å². The first-order valence-corrected chi connectivity index (χ1v) is 9.13. The minimum atomic E-state index is -0.127. The summed E-state index contributed by atoms with van der Waals surface area (Å²) in [6.07, 6.45) is 0. The summed E-state index contributed by atoms with van der Waals surface area (Å²) in [6.45, 7) is 7.14. The van der Waals surface area contributed by atoms with Gasteiger partial charge in [0.1, 0.15) is 5.75 Å². The monoisotopic (exact) mass is 382 g/mol. The van der Waals surface area contributed by atoms with Crippen LogP contribution in [-0.4, -0.2) is 67.6 Å². The van der Waals surface area contributed by atoms with E-state index in [1.807, 2.05) is 13.8 Å². The molecule has 0 aliphatic carbocycles. The Hall–Kier alpha value is -1.99. The van der Waals surface area contributed by atoms with E-state index in [-0.39, 0.29) is 18.0 Å². The first-order valence-electron chi connectivity index (χ1n) is 8.76. The van der Waals surface area contributed by atoms with Crippen LogP contribution in [0.4, 0.5) is 4.79 Å². The summed E-state index contributed by atoms with van der Waals surface area (Å²) in [4.78, 5) is 28.0. The highest BCUT2D eigenvalue weighted by atomic mass is 35.5. The number of nitrogens with one attached hydrogen (secondary N) is 2. The van der Waals surface area contributed by atoms with Crippen molar-refractivity contribution in [2.45, 2.75) is 26.4 Å². The molecule has 2 N–H and O–H groups in total. The standard InChI is InChI=1S/C18H27ClN4O3/c1-13(2)21-17(24)12-22-6-8-23(9-7-22)18(25)20-11-14-10-15(19)4-5-16(14)26-3/h4-5,10,13H,6-9,11-12H2,1-3H3,(H,20,25)(H,21,24). The summed E-state index contributed by atoms with van der Waals surface area (Å²) in [5.74, 6) is 0.710. The van der Waals surface area contributed by atoms with Crippen LogP contribution < -0.4 is 15.4 Å². The molecule has 0 aromatic heterocycles. The van der Waals surface area contributed by atoms with Crippen molar-refractivity contribution in [3.63, 3.8) is 0 Å². The Bertz CT molecular complexity index is 631. The van der Waals surface area contributed by atoms with Crippen LogP contribution in [-0.2, 0) is 11.3 Å². The van der Waals surface area contributed by atoms with Gasteiger partial charge < -0.3 is 20.3 Å². The van der Waals surface area contributed by atoms with E-state index in [0.29, 0.717) is 50.0 Å². The van der Waals surface area contributed by atoms with Gasteiger partial charge in [-0.25, -0.2) is 4.79 Å². The van der Waals surface area contributed by atoms with Crippen LogP contribution >= 0.6 is 11.6 Å². The fourth-order valence-corrected chi connectivity index (χ4v) is 3.04. The van der Waals surface area contributed by atoms with E-state index in [2.05, 4.69) is 15.5 Å². The molecule has 1 aliphatic rings. The van der Waals surface area contributed by atoms with Gasteiger partial charge in [0.25, 0.3) is 0 Å². The molecule has 2 rings (SSSR count). The fourth-order valence-electron chi connectivity index (χ4n) is 2.85. The molecule has 26 heavy (non-hydrogen) atoms. The van der Waals surface area contributed by atoms with Crippen molar-refractivity contribution in [2.24, 2.45) is 0 Å². The molecule has 3 amide bonds. The Balaban J connectivity index is 1.78. The van der Waals surface area contributed by atoms with Gasteiger partial charge in [-0.2, -0.15) is 0 Å². The predicted octanol–water partition coefficient (Wildman–Crippen LogP) is 1.70. The average molecular weight is 383 g/mol. The van der Waals surface area contributed by atoms with Gasteiger partial charge in [-0.3, -0.25) is 9.69 Å². The predicted molar refractivity (Wildman–Crippen MR) is 102 cm³/mol. The van der Waals surface area contributed by atoms with Crippen molar-refractivity contribution in [2.75, 3.05) is 39.8 Å². The number of methoxy groups -OCH3 is 1. The Morgan fingerprint density at radius 2 is 1.92 bits per heavy atom. The molecule has 0 saturated carbocycles. The third-order valence-corrected chi connectivity index (χ3v) is 4.38. The Morgan fingerprint density at radius 1 is 1.23 bits per heavy atom. The Kier molecular flexibility index (Phi) is 7.53. The summed E-state index contributed by atoms with van der Waals surface area (Å²) in [5.41, 5.74) is 0.831. The molecule has 8 heteroatoms. The molecule has 0 atom stereocenters. The first kappa shape index (κ1) is 20.3. The molecule has 144 valence electrons. The smallest absolute Gasteiger partial charge is 0.317 e. The van der Waals surface area contributed by atoms with Gasteiger partial charge >= 0.3 is 6.03 Å². The number of hydrogen-bond donors (Lipinski definition) is 2. The molecule has 1 saturated heterocycles. The number of urea groups is 1. The summed E-state index contributed by atoms with van der Waals surface area (Å²) in [7, 11) is 1.59. The van der Waals surface area contributed by atoms with E-state index < -0.39 is 0 Å². The van der Waals surface area contributed by atoms with Crippen molar-refractivity contribution in [3.05, 3.63) is 28.8 Å². The average Bonchev–Trinajstić information content (AvgIpc) is 2.59. The summed E-state index contributed by atoms with van der Waals surface area (Å²) in [6, 6.07) is 5.33. The number of halogens is 1. The number of ether oxygens (including phenoxy) is 1. The first-order chi connectivity index (χ1) is 12.4. The van der Waals surface area contributed by atoms with Gasteiger partial charge in [-0.05, 0) is 32.0 Å². The number of benzene rings is 1. The molecule has 0 unspecified atom stereocenters. The molecular weight excluding hydrogens is 356 g/mol. The molecule has 1 fully saturated rings. The van der Waals surface area contributed by atoms with Crippen LogP contribution in [0, 0.1) is 0 Å². The number of amides is 3. The van der Waals surface area contributed by atoms with Gasteiger partial charge in [0, 0.05) is 49.4 Å². The van der Waals surface area contributed by atoms with E-state index in [9.17, 15) is 9.59 Å². The second kappa shape index (κ2) is 9.64. The Morgan fingerprint density at radius 3 is 2.54 bits per heavy atom.